The van der Waals surface area contributed by atoms with Crippen LogP contribution < -0.4 is 4.72 Å². The molecule has 0 saturated carbocycles. The Morgan fingerprint density at radius 3 is 2.33 bits per heavy atom. The van der Waals surface area contributed by atoms with Gasteiger partial charge in [0.15, 0.2) is 0 Å². The largest absolute Gasteiger partial charge is 0.303 e. The Bertz CT molecular complexity index is 830. The Balaban J connectivity index is 1.65. The minimum Gasteiger partial charge on any atom is -0.303 e. The number of likely N-dealkylation sites (tertiary alicyclic amines) is 1. The second-order valence-electron chi connectivity index (χ2n) is 7.41. The minimum atomic E-state index is -3.55. The molecule has 146 valence electrons. The lowest BCUT2D eigenvalue weighted by molar-refractivity contribution is 0.335. The number of hydrogen-bond acceptors (Lipinski definition) is 3. The van der Waals surface area contributed by atoms with Crippen LogP contribution in [0.5, 0.6) is 0 Å². The van der Waals surface area contributed by atoms with Gasteiger partial charge in [0, 0.05) is 12.2 Å². The van der Waals surface area contributed by atoms with E-state index >= 15 is 0 Å². The van der Waals surface area contributed by atoms with Crippen molar-refractivity contribution in [2.24, 2.45) is 0 Å². The average Bonchev–Trinajstić information content (AvgIpc) is 3.12. The number of benzene rings is 2. The second kappa shape index (κ2) is 8.89. The highest BCUT2D eigenvalue weighted by molar-refractivity contribution is 7.92. The van der Waals surface area contributed by atoms with E-state index in [-0.39, 0.29) is 0 Å². The number of nitrogens with zero attached hydrogens (tertiary/aromatic N) is 1. The first kappa shape index (κ1) is 19.9. The van der Waals surface area contributed by atoms with Crippen LogP contribution in [-0.2, 0) is 16.4 Å². The molecule has 0 amide bonds. The zero-order chi connectivity index (χ0) is 19.3. The maximum atomic E-state index is 12.6. The van der Waals surface area contributed by atoms with Crippen molar-refractivity contribution in [3.05, 3.63) is 59.7 Å². The molecule has 5 heteroatoms. The van der Waals surface area contributed by atoms with Gasteiger partial charge < -0.3 is 4.90 Å². The number of aryl methyl sites for hydroxylation is 1. The summed E-state index contributed by atoms with van der Waals surface area (Å²) in [5.74, 6) is 0.549. The Morgan fingerprint density at radius 1 is 1.00 bits per heavy atom. The van der Waals surface area contributed by atoms with E-state index in [1.54, 1.807) is 12.1 Å². The van der Waals surface area contributed by atoms with Crippen molar-refractivity contribution in [1.29, 1.82) is 0 Å². The summed E-state index contributed by atoms with van der Waals surface area (Å²) in [6, 6.07) is 15.0. The molecule has 27 heavy (non-hydrogen) atoms. The zero-order valence-corrected chi connectivity index (χ0v) is 17.1. The first-order valence-electron chi connectivity index (χ1n) is 9.96. The van der Waals surface area contributed by atoms with Gasteiger partial charge in [0.2, 0.25) is 0 Å². The molecule has 1 aliphatic rings. The third-order valence-corrected chi connectivity index (χ3v) is 6.62. The molecule has 1 aliphatic heterocycles. The lowest BCUT2D eigenvalue weighted by atomic mass is 9.98. The van der Waals surface area contributed by atoms with E-state index in [0.717, 1.165) is 38.0 Å². The van der Waals surface area contributed by atoms with E-state index in [1.165, 1.54) is 18.4 Å². The van der Waals surface area contributed by atoms with Crippen molar-refractivity contribution in [3.63, 3.8) is 0 Å². The van der Waals surface area contributed by atoms with Gasteiger partial charge in [-0.15, -0.1) is 0 Å². The summed E-state index contributed by atoms with van der Waals surface area (Å²) in [5.41, 5.74) is 3.06. The highest BCUT2D eigenvalue weighted by Gasteiger charge is 2.23. The molecule has 2 aromatic rings. The standard InChI is InChI=1S/C22H30N2O2S/c1-3-5-18-6-12-22(13-7-18)27(25,26)23-21-10-8-19(9-11-21)20-14-16-24(17-20)15-4-2/h6-13,20,23H,3-5,14-17H2,1-2H3/t20-/m1/s1. The van der Waals surface area contributed by atoms with Crippen LogP contribution in [0.15, 0.2) is 53.4 Å². The van der Waals surface area contributed by atoms with Crippen molar-refractivity contribution >= 4 is 15.7 Å². The molecule has 4 nitrogen and oxygen atoms in total. The fraction of sp³-hybridized carbons (Fsp3) is 0.455. The monoisotopic (exact) mass is 386 g/mol. The van der Waals surface area contributed by atoms with Crippen molar-refractivity contribution in [2.75, 3.05) is 24.4 Å². The molecule has 1 fully saturated rings. The molecule has 1 heterocycles. The van der Waals surface area contributed by atoms with Gasteiger partial charge in [-0.05, 0) is 73.7 Å². The molecule has 0 spiro atoms. The van der Waals surface area contributed by atoms with Crippen molar-refractivity contribution in [1.82, 2.24) is 4.90 Å². The highest BCUT2D eigenvalue weighted by atomic mass is 32.2. The van der Waals surface area contributed by atoms with Gasteiger partial charge in [-0.1, -0.05) is 44.5 Å². The molecule has 1 atom stereocenters. The maximum Gasteiger partial charge on any atom is 0.261 e. The minimum absolute atomic E-state index is 0.303. The molecule has 1 N–H and O–H groups in total. The lowest BCUT2D eigenvalue weighted by Gasteiger charge is -2.15. The van der Waals surface area contributed by atoms with Crippen LogP contribution in [0.2, 0.25) is 0 Å². The summed E-state index contributed by atoms with van der Waals surface area (Å²) in [5, 5.41) is 0. The van der Waals surface area contributed by atoms with E-state index < -0.39 is 10.0 Å². The summed E-state index contributed by atoms with van der Waals surface area (Å²) in [4.78, 5) is 2.81. The van der Waals surface area contributed by atoms with E-state index in [9.17, 15) is 8.42 Å². The predicted molar refractivity (Wildman–Crippen MR) is 112 cm³/mol. The molecule has 2 aromatic carbocycles. The number of nitrogens with one attached hydrogen (secondary N) is 1. The average molecular weight is 387 g/mol. The zero-order valence-electron chi connectivity index (χ0n) is 16.3. The van der Waals surface area contributed by atoms with Crippen molar-refractivity contribution in [2.45, 2.75) is 50.3 Å². The van der Waals surface area contributed by atoms with Crippen LogP contribution in [0.3, 0.4) is 0 Å². The Hall–Kier alpha value is -1.85. The van der Waals surface area contributed by atoms with Gasteiger partial charge in [-0.25, -0.2) is 8.42 Å². The molecule has 0 radical (unpaired) electrons. The molecule has 3 rings (SSSR count). The fourth-order valence-electron chi connectivity index (χ4n) is 3.79. The van der Waals surface area contributed by atoms with Crippen LogP contribution in [-0.4, -0.2) is 33.0 Å². The smallest absolute Gasteiger partial charge is 0.261 e. The van der Waals surface area contributed by atoms with E-state index in [1.807, 2.05) is 24.3 Å². The van der Waals surface area contributed by atoms with Crippen LogP contribution in [0.4, 0.5) is 5.69 Å². The van der Waals surface area contributed by atoms with Gasteiger partial charge >= 0.3 is 0 Å². The summed E-state index contributed by atoms with van der Waals surface area (Å²) in [6.07, 6.45) is 4.38. The van der Waals surface area contributed by atoms with Gasteiger partial charge in [-0.2, -0.15) is 0 Å². The first-order valence-corrected chi connectivity index (χ1v) is 11.4. The van der Waals surface area contributed by atoms with E-state index in [4.69, 9.17) is 0 Å². The second-order valence-corrected chi connectivity index (χ2v) is 9.09. The maximum absolute atomic E-state index is 12.6. The molecule has 1 saturated heterocycles. The van der Waals surface area contributed by atoms with E-state index in [0.29, 0.717) is 16.5 Å². The molecule has 0 aliphatic carbocycles. The third-order valence-electron chi connectivity index (χ3n) is 5.22. The molecule has 0 unspecified atom stereocenters. The van der Waals surface area contributed by atoms with Gasteiger partial charge in [-0.3, -0.25) is 4.72 Å². The van der Waals surface area contributed by atoms with E-state index in [2.05, 4.69) is 35.6 Å². The summed E-state index contributed by atoms with van der Waals surface area (Å²) in [6.45, 7) is 7.74. The molecule has 0 aromatic heterocycles. The topological polar surface area (TPSA) is 49.4 Å². The normalized spacial score (nSPS) is 17.9. The number of anilines is 1. The number of hydrogen-bond donors (Lipinski definition) is 1. The van der Waals surface area contributed by atoms with Gasteiger partial charge in [0.1, 0.15) is 0 Å². The molecular formula is C22H30N2O2S. The van der Waals surface area contributed by atoms with Crippen molar-refractivity contribution < 1.29 is 8.42 Å². The third kappa shape index (κ3) is 5.11. The molecule has 0 bridgehead atoms. The fourth-order valence-corrected chi connectivity index (χ4v) is 4.84. The quantitative estimate of drug-likeness (QED) is 0.719. The van der Waals surface area contributed by atoms with Crippen molar-refractivity contribution in [3.8, 4) is 0 Å². The summed E-state index contributed by atoms with van der Waals surface area (Å²) in [7, 11) is -3.55. The summed E-state index contributed by atoms with van der Waals surface area (Å²) >= 11 is 0. The SMILES string of the molecule is CCCc1ccc(S(=O)(=O)Nc2ccc([C@@H]3CCN(CCC)C3)cc2)cc1. The number of sulfonamides is 1. The Kier molecular flexibility index (Phi) is 6.55. The Labute approximate surface area is 163 Å². The van der Waals surface area contributed by atoms with Crippen LogP contribution in [0, 0.1) is 0 Å². The van der Waals surface area contributed by atoms with Crippen LogP contribution >= 0.6 is 0 Å². The summed E-state index contributed by atoms with van der Waals surface area (Å²) < 4.78 is 27.9. The van der Waals surface area contributed by atoms with Crippen LogP contribution in [0.25, 0.3) is 0 Å². The van der Waals surface area contributed by atoms with Gasteiger partial charge in [0.25, 0.3) is 10.0 Å². The lowest BCUT2D eigenvalue weighted by Crippen LogP contribution is -2.20. The Morgan fingerprint density at radius 2 is 1.70 bits per heavy atom. The van der Waals surface area contributed by atoms with Gasteiger partial charge in [0.05, 0.1) is 4.90 Å². The molecular weight excluding hydrogens is 356 g/mol. The highest BCUT2D eigenvalue weighted by Crippen LogP contribution is 2.28. The first-order chi connectivity index (χ1) is 13.0. The predicted octanol–water partition coefficient (Wildman–Crippen LogP) is 4.64. The van der Waals surface area contributed by atoms with Crippen LogP contribution in [0.1, 0.15) is 50.2 Å². The number of rotatable bonds is 8.